The summed E-state index contributed by atoms with van der Waals surface area (Å²) in [7, 11) is 0. The summed E-state index contributed by atoms with van der Waals surface area (Å²) in [4.78, 5) is 22.7. The molecule has 3 aromatic rings. The summed E-state index contributed by atoms with van der Waals surface area (Å²) >= 11 is 0. The first-order chi connectivity index (χ1) is 15.6. The lowest BCUT2D eigenvalue weighted by Crippen LogP contribution is -2.36. The lowest BCUT2D eigenvalue weighted by Gasteiger charge is -2.31. The topological polar surface area (TPSA) is 71.3 Å². The van der Waals surface area contributed by atoms with Gasteiger partial charge in [0, 0.05) is 31.5 Å². The highest BCUT2D eigenvalue weighted by atomic mass is 19.4. The summed E-state index contributed by atoms with van der Waals surface area (Å²) in [5.41, 5.74) is 0.858. The fraction of sp³-hybridized carbons (Fsp3) is 0.375. The van der Waals surface area contributed by atoms with Crippen molar-refractivity contribution in [3.63, 3.8) is 0 Å². The van der Waals surface area contributed by atoms with Crippen LogP contribution >= 0.6 is 0 Å². The van der Waals surface area contributed by atoms with Crippen LogP contribution in [0.15, 0.2) is 59.5 Å². The van der Waals surface area contributed by atoms with E-state index in [9.17, 15) is 18.0 Å². The zero-order chi connectivity index (χ0) is 24.0. The Hall–Kier alpha value is -3.20. The van der Waals surface area contributed by atoms with Crippen molar-refractivity contribution >= 4 is 5.91 Å². The third kappa shape index (κ3) is 6.89. The lowest BCUT2D eigenvalue weighted by atomic mass is 10.0. The van der Waals surface area contributed by atoms with E-state index in [1.165, 1.54) is 12.3 Å². The van der Waals surface area contributed by atoms with Crippen LogP contribution in [0, 0.1) is 5.92 Å². The quantitative estimate of drug-likeness (QED) is 0.483. The number of benzene rings is 1. The van der Waals surface area contributed by atoms with E-state index in [2.05, 4.69) is 15.3 Å². The average molecular weight is 461 g/mol. The van der Waals surface area contributed by atoms with Crippen LogP contribution in [-0.2, 0) is 25.8 Å². The molecule has 33 heavy (non-hydrogen) atoms. The molecule has 0 fully saturated rings. The highest BCUT2D eigenvalue weighted by Gasteiger charge is 2.30. The van der Waals surface area contributed by atoms with Gasteiger partial charge in [-0.05, 0) is 36.1 Å². The molecule has 0 aliphatic carbocycles. The van der Waals surface area contributed by atoms with E-state index in [-0.39, 0.29) is 36.7 Å². The maximum Gasteiger partial charge on any atom is 0.416 e. The van der Waals surface area contributed by atoms with Crippen LogP contribution in [0.2, 0.25) is 0 Å². The third-order valence-electron chi connectivity index (χ3n) is 5.48. The average Bonchev–Trinajstić information content (AvgIpc) is 3.25. The highest BCUT2D eigenvalue weighted by molar-refractivity contribution is 5.91. The van der Waals surface area contributed by atoms with Crippen LogP contribution in [0.3, 0.4) is 0 Å². The van der Waals surface area contributed by atoms with Crippen molar-refractivity contribution in [2.75, 3.05) is 0 Å². The van der Waals surface area contributed by atoms with Crippen molar-refractivity contribution in [3.05, 3.63) is 83.3 Å². The molecule has 0 aliphatic rings. The number of amides is 1. The minimum atomic E-state index is -4.40. The lowest BCUT2D eigenvalue weighted by molar-refractivity contribution is -0.137. The van der Waals surface area contributed by atoms with E-state index in [1.54, 1.807) is 24.5 Å². The number of halogens is 3. The molecule has 0 saturated carbocycles. The zero-order valence-electron chi connectivity index (χ0n) is 18.8. The molecular weight excluding hydrogens is 433 g/mol. The smallest absolute Gasteiger partial charge is 0.416 e. The molecule has 2 aromatic heterocycles. The number of oxazole rings is 1. The second-order valence-electron chi connectivity index (χ2n) is 8.26. The van der Waals surface area contributed by atoms with Crippen LogP contribution < -0.4 is 5.32 Å². The molecular formula is C24H27F3N4O2. The highest BCUT2D eigenvalue weighted by Crippen LogP contribution is 2.30. The van der Waals surface area contributed by atoms with Gasteiger partial charge in [-0.25, -0.2) is 4.98 Å². The van der Waals surface area contributed by atoms with Crippen molar-refractivity contribution in [1.29, 1.82) is 0 Å². The number of nitrogens with zero attached hydrogens (tertiary/aromatic N) is 3. The fourth-order valence-corrected chi connectivity index (χ4v) is 3.28. The van der Waals surface area contributed by atoms with Crippen molar-refractivity contribution in [3.8, 4) is 0 Å². The van der Waals surface area contributed by atoms with Gasteiger partial charge in [0.15, 0.2) is 5.69 Å². The molecule has 1 N–H and O–H groups in total. The molecule has 0 bridgehead atoms. The zero-order valence-corrected chi connectivity index (χ0v) is 18.8. The van der Waals surface area contributed by atoms with E-state index in [0.717, 1.165) is 17.7 Å². The Morgan fingerprint density at radius 1 is 1.12 bits per heavy atom. The van der Waals surface area contributed by atoms with Crippen LogP contribution in [0.1, 0.15) is 53.8 Å². The summed E-state index contributed by atoms with van der Waals surface area (Å²) in [6.45, 7) is 6.93. The molecule has 2 heterocycles. The first-order valence-electron chi connectivity index (χ1n) is 10.6. The summed E-state index contributed by atoms with van der Waals surface area (Å²) in [6.07, 6.45) is 0.202. The molecule has 1 amide bonds. The number of rotatable bonds is 9. The van der Waals surface area contributed by atoms with E-state index >= 15 is 0 Å². The first kappa shape index (κ1) is 24.4. The van der Waals surface area contributed by atoms with Gasteiger partial charge in [0.2, 0.25) is 5.89 Å². The Kier molecular flexibility index (Phi) is 7.86. The number of carbonyl (C=O) groups excluding carboxylic acids is 1. The number of pyridine rings is 1. The van der Waals surface area contributed by atoms with Crippen molar-refractivity contribution in [2.45, 2.75) is 52.6 Å². The maximum absolute atomic E-state index is 13.1. The van der Waals surface area contributed by atoms with Gasteiger partial charge < -0.3 is 9.73 Å². The Morgan fingerprint density at radius 2 is 1.88 bits per heavy atom. The number of hydrogen-bond acceptors (Lipinski definition) is 5. The predicted octanol–water partition coefficient (Wildman–Crippen LogP) is 5.07. The SMILES string of the molecule is CC(C)C(C)N(Cc1cccc(C(F)(F)F)c1)Cc1nc(C(=O)NCc2cccnc2)co1. The van der Waals surface area contributed by atoms with Crippen molar-refractivity contribution in [2.24, 2.45) is 5.92 Å². The van der Waals surface area contributed by atoms with E-state index in [1.807, 2.05) is 31.7 Å². The Bertz CT molecular complexity index is 1050. The second-order valence-corrected chi connectivity index (χ2v) is 8.26. The Labute approximate surface area is 190 Å². The molecule has 6 nitrogen and oxygen atoms in total. The van der Waals surface area contributed by atoms with Crippen LogP contribution in [0.5, 0.6) is 0 Å². The fourth-order valence-electron chi connectivity index (χ4n) is 3.28. The Balaban J connectivity index is 1.70. The number of aromatic nitrogens is 2. The predicted molar refractivity (Wildman–Crippen MR) is 117 cm³/mol. The molecule has 0 spiro atoms. The van der Waals surface area contributed by atoms with Crippen LogP contribution in [-0.4, -0.2) is 26.8 Å². The van der Waals surface area contributed by atoms with Gasteiger partial charge >= 0.3 is 6.18 Å². The Morgan fingerprint density at radius 3 is 2.55 bits per heavy atom. The van der Waals surface area contributed by atoms with Crippen molar-refractivity contribution < 1.29 is 22.4 Å². The minimum Gasteiger partial charge on any atom is -0.447 e. The molecule has 1 atom stereocenters. The van der Waals surface area contributed by atoms with Gasteiger partial charge in [-0.2, -0.15) is 13.2 Å². The molecule has 0 saturated heterocycles. The molecule has 1 unspecified atom stereocenters. The summed E-state index contributed by atoms with van der Waals surface area (Å²) in [5, 5.41) is 2.76. The van der Waals surface area contributed by atoms with Gasteiger partial charge in [-0.1, -0.05) is 38.1 Å². The van der Waals surface area contributed by atoms with Crippen LogP contribution in [0.25, 0.3) is 0 Å². The largest absolute Gasteiger partial charge is 0.447 e. The summed E-state index contributed by atoms with van der Waals surface area (Å²) < 4.78 is 44.8. The normalized spacial score (nSPS) is 12.8. The molecule has 0 aliphatic heterocycles. The van der Waals surface area contributed by atoms with E-state index in [0.29, 0.717) is 18.0 Å². The number of alkyl halides is 3. The molecule has 176 valence electrons. The first-order valence-corrected chi connectivity index (χ1v) is 10.6. The number of nitrogens with one attached hydrogen (secondary N) is 1. The van der Waals surface area contributed by atoms with Gasteiger partial charge in [-0.3, -0.25) is 14.7 Å². The molecule has 9 heteroatoms. The maximum atomic E-state index is 13.1. The van der Waals surface area contributed by atoms with E-state index in [4.69, 9.17) is 4.42 Å². The van der Waals surface area contributed by atoms with Crippen LogP contribution in [0.4, 0.5) is 13.2 Å². The number of hydrogen-bond donors (Lipinski definition) is 1. The second kappa shape index (κ2) is 10.6. The van der Waals surface area contributed by atoms with Gasteiger partial charge in [0.05, 0.1) is 12.1 Å². The molecule has 0 radical (unpaired) electrons. The number of carbonyl (C=O) groups is 1. The van der Waals surface area contributed by atoms with Gasteiger partial charge in [-0.15, -0.1) is 0 Å². The molecule has 3 rings (SSSR count). The monoisotopic (exact) mass is 460 g/mol. The van der Waals surface area contributed by atoms with E-state index < -0.39 is 11.7 Å². The third-order valence-corrected chi connectivity index (χ3v) is 5.48. The standard InChI is InChI=1S/C24H27F3N4O2/c1-16(2)17(3)31(13-18-6-4-8-20(10-18)24(25,26)27)14-22-30-21(15-33-22)23(32)29-12-19-7-5-9-28-11-19/h4-11,15-17H,12-14H2,1-3H3,(H,29,32). The van der Waals surface area contributed by atoms with Gasteiger partial charge in [0.1, 0.15) is 6.26 Å². The molecule has 1 aromatic carbocycles. The summed E-state index contributed by atoms with van der Waals surface area (Å²) in [6, 6.07) is 8.96. The van der Waals surface area contributed by atoms with Crippen molar-refractivity contribution in [1.82, 2.24) is 20.2 Å². The summed E-state index contributed by atoms with van der Waals surface area (Å²) in [5.74, 6) is 0.184. The minimum absolute atomic E-state index is 0.0364. The van der Waals surface area contributed by atoms with Gasteiger partial charge in [0.25, 0.3) is 5.91 Å².